The van der Waals surface area contributed by atoms with Gasteiger partial charge in [0.2, 0.25) is 0 Å². The number of hydrogen-bond acceptors (Lipinski definition) is 5. The third-order valence-corrected chi connectivity index (χ3v) is 3.06. The van der Waals surface area contributed by atoms with Crippen molar-refractivity contribution < 1.29 is 9.47 Å². The van der Waals surface area contributed by atoms with E-state index in [0.29, 0.717) is 6.61 Å². The second-order valence-corrected chi connectivity index (χ2v) is 5.06. The maximum atomic E-state index is 5.90. The first-order valence-corrected chi connectivity index (χ1v) is 7.01. The van der Waals surface area contributed by atoms with Gasteiger partial charge in [0.15, 0.2) is 0 Å². The van der Waals surface area contributed by atoms with Gasteiger partial charge in [-0.25, -0.2) is 0 Å². The summed E-state index contributed by atoms with van der Waals surface area (Å²) >= 11 is 0. The van der Waals surface area contributed by atoms with Gasteiger partial charge >= 0.3 is 0 Å². The molecule has 0 heterocycles. The minimum atomic E-state index is 0.149. The Morgan fingerprint density at radius 3 is 2.70 bits per heavy atom. The smallest absolute Gasteiger partial charge is 0.145 e. The zero-order valence-electron chi connectivity index (χ0n) is 13.0. The Hall–Kier alpha value is -1.46. The van der Waals surface area contributed by atoms with Gasteiger partial charge in [0, 0.05) is 25.2 Å². The zero-order chi connectivity index (χ0) is 15.0. The Kier molecular flexibility index (Phi) is 7.18. The number of nitrogens with one attached hydrogen (secondary N) is 1. The Morgan fingerprint density at radius 2 is 2.10 bits per heavy atom. The summed E-state index contributed by atoms with van der Waals surface area (Å²) in [5, 5.41) is 3.30. The van der Waals surface area contributed by atoms with Crippen molar-refractivity contribution in [2.75, 3.05) is 46.2 Å². The Balaban J connectivity index is 2.60. The number of ether oxygens (including phenoxy) is 2. The fourth-order valence-electron chi connectivity index (χ4n) is 1.64. The highest BCUT2D eigenvalue weighted by Crippen LogP contribution is 2.29. The summed E-state index contributed by atoms with van der Waals surface area (Å²) in [5.74, 6) is 1.59. The van der Waals surface area contributed by atoms with E-state index in [1.165, 1.54) is 0 Å². The molecule has 0 aliphatic carbocycles. The minimum absolute atomic E-state index is 0.149. The van der Waals surface area contributed by atoms with Crippen LogP contribution in [0, 0.1) is 0 Å². The maximum Gasteiger partial charge on any atom is 0.145 e. The molecule has 1 rings (SSSR count). The predicted octanol–water partition coefficient (Wildman–Crippen LogP) is 1.78. The molecule has 0 amide bonds. The first kappa shape index (κ1) is 16.6. The molecule has 0 radical (unpaired) electrons. The van der Waals surface area contributed by atoms with Crippen molar-refractivity contribution in [2.45, 2.75) is 19.4 Å². The van der Waals surface area contributed by atoms with Crippen LogP contribution >= 0.6 is 0 Å². The third-order valence-electron chi connectivity index (χ3n) is 3.06. The fraction of sp³-hybridized carbons (Fsp3) is 0.600. The van der Waals surface area contributed by atoms with E-state index in [9.17, 15) is 0 Å². The van der Waals surface area contributed by atoms with E-state index in [-0.39, 0.29) is 6.04 Å². The number of methoxy groups -OCH3 is 1. The van der Waals surface area contributed by atoms with E-state index in [2.05, 4.69) is 17.1 Å². The van der Waals surface area contributed by atoms with Crippen LogP contribution in [-0.4, -0.2) is 51.8 Å². The molecule has 3 N–H and O–H groups in total. The van der Waals surface area contributed by atoms with Gasteiger partial charge in [0.05, 0.1) is 12.8 Å². The van der Waals surface area contributed by atoms with E-state index in [4.69, 9.17) is 15.2 Å². The second-order valence-electron chi connectivity index (χ2n) is 5.06. The molecule has 0 fully saturated rings. The lowest BCUT2D eigenvalue weighted by molar-refractivity contribution is 0.260. The van der Waals surface area contributed by atoms with Crippen molar-refractivity contribution in [3.05, 3.63) is 18.2 Å². The predicted molar refractivity (Wildman–Crippen MR) is 83.8 cm³/mol. The van der Waals surface area contributed by atoms with E-state index < -0.39 is 0 Å². The Morgan fingerprint density at radius 1 is 1.35 bits per heavy atom. The Bertz CT molecular complexity index is 397. The van der Waals surface area contributed by atoms with Crippen molar-refractivity contribution in [3.63, 3.8) is 0 Å². The van der Waals surface area contributed by atoms with Crippen molar-refractivity contribution in [1.29, 1.82) is 0 Å². The standard InChI is InChI=1S/C15H27N3O2/c1-5-12(16)11-17-14-7-6-13(10-15(14)19-4)20-9-8-18(2)3/h6-7,10,12,17H,5,8-9,11,16H2,1-4H3/t12-/m0/s1. The van der Waals surface area contributed by atoms with Crippen LogP contribution in [0.5, 0.6) is 11.5 Å². The van der Waals surface area contributed by atoms with Crippen LogP contribution in [0.15, 0.2) is 18.2 Å². The highest BCUT2D eigenvalue weighted by Gasteiger charge is 2.06. The van der Waals surface area contributed by atoms with Crippen molar-refractivity contribution in [3.8, 4) is 11.5 Å². The van der Waals surface area contributed by atoms with Crippen LogP contribution in [0.2, 0.25) is 0 Å². The molecule has 1 atom stereocenters. The van der Waals surface area contributed by atoms with Crippen LogP contribution in [0.25, 0.3) is 0 Å². The number of rotatable bonds is 9. The number of nitrogens with two attached hydrogens (primary N) is 1. The third kappa shape index (κ3) is 5.67. The second kappa shape index (κ2) is 8.66. The summed E-state index contributed by atoms with van der Waals surface area (Å²) in [6, 6.07) is 5.95. The highest BCUT2D eigenvalue weighted by atomic mass is 16.5. The molecular formula is C15H27N3O2. The molecule has 1 aromatic rings. The van der Waals surface area contributed by atoms with Gasteiger partial charge in [-0.05, 0) is 32.6 Å². The molecule has 0 aromatic heterocycles. The minimum Gasteiger partial charge on any atom is -0.494 e. The van der Waals surface area contributed by atoms with E-state index in [1.807, 2.05) is 32.3 Å². The molecule has 20 heavy (non-hydrogen) atoms. The van der Waals surface area contributed by atoms with Gasteiger partial charge in [-0.2, -0.15) is 0 Å². The van der Waals surface area contributed by atoms with E-state index in [0.717, 1.165) is 36.7 Å². The van der Waals surface area contributed by atoms with Crippen LogP contribution in [0.1, 0.15) is 13.3 Å². The lowest BCUT2D eigenvalue weighted by Gasteiger charge is -2.16. The summed E-state index contributed by atoms with van der Waals surface area (Å²) in [6.45, 7) is 4.34. The average Bonchev–Trinajstić information content (AvgIpc) is 2.44. The maximum absolute atomic E-state index is 5.90. The van der Waals surface area contributed by atoms with Crippen LogP contribution < -0.4 is 20.5 Å². The lowest BCUT2D eigenvalue weighted by Crippen LogP contribution is -2.28. The number of nitrogens with zero attached hydrogens (tertiary/aromatic N) is 1. The monoisotopic (exact) mass is 281 g/mol. The van der Waals surface area contributed by atoms with Gasteiger partial charge in [-0.3, -0.25) is 0 Å². The van der Waals surface area contributed by atoms with Gasteiger partial charge in [0.1, 0.15) is 18.1 Å². The molecule has 5 heteroatoms. The normalized spacial score (nSPS) is 12.3. The van der Waals surface area contributed by atoms with Crippen molar-refractivity contribution in [2.24, 2.45) is 5.73 Å². The summed E-state index contributed by atoms with van der Waals surface area (Å²) in [7, 11) is 5.70. The highest BCUT2D eigenvalue weighted by molar-refractivity contribution is 5.59. The molecule has 0 unspecified atom stereocenters. The van der Waals surface area contributed by atoms with Crippen LogP contribution in [0.3, 0.4) is 0 Å². The molecule has 1 aromatic carbocycles. The quantitative estimate of drug-likeness (QED) is 0.722. The molecular weight excluding hydrogens is 254 g/mol. The zero-order valence-corrected chi connectivity index (χ0v) is 13.0. The van der Waals surface area contributed by atoms with E-state index in [1.54, 1.807) is 7.11 Å². The Labute approximate surface area is 122 Å². The van der Waals surface area contributed by atoms with Gasteiger partial charge < -0.3 is 25.4 Å². The molecule has 0 saturated heterocycles. The first-order chi connectivity index (χ1) is 9.56. The van der Waals surface area contributed by atoms with Crippen LogP contribution in [-0.2, 0) is 0 Å². The summed E-state index contributed by atoms with van der Waals surface area (Å²) in [6.07, 6.45) is 0.945. The number of anilines is 1. The van der Waals surface area contributed by atoms with Gasteiger partial charge in [-0.1, -0.05) is 6.92 Å². The number of likely N-dealkylation sites (N-methyl/N-ethyl adjacent to an activating group) is 1. The summed E-state index contributed by atoms with van der Waals surface area (Å²) in [5.41, 5.74) is 6.84. The molecule has 0 aliphatic rings. The molecule has 0 saturated carbocycles. The summed E-state index contributed by atoms with van der Waals surface area (Å²) in [4.78, 5) is 2.08. The largest absolute Gasteiger partial charge is 0.494 e. The van der Waals surface area contributed by atoms with Crippen molar-refractivity contribution in [1.82, 2.24) is 4.90 Å². The fourth-order valence-corrected chi connectivity index (χ4v) is 1.64. The first-order valence-electron chi connectivity index (χ1n) is 7.01. The number of benzene rings is 1. The molecule has 5 nitrogen and oxygen atoms in total. The van der Waals surface area contributed by atoms with Crippen LogP contribution in [0.4, 0.5) is 5.69 Å². The molecule has 0 bridgehead atoms. The molecule has 114 valence electrons. The van der Waals surface area contributed by atoms with E-state index >= 15 is 0 Å². The summed E-state index contributed by atoms with van der Waals surface area (Å²) < 4.78 is 11.1. The molecule has 0 aliphatic heterocycles. The molecule has 0 spiro atoms. The topological polar surface area (TPSA) is 59.8 Å². The SMILES string of the molecule is CC[C@H](N)CNc1ccc(OCCN(C)C)cc1OC. The van der Waals surface area contributed by atoms with Crippen molar-refractivity contribution >= 4 is 5.69 Å². The lowest BCUT2D eigenvalue weighted by atomic mass is 10.2. The number of hydrogen-bond donors (Lipinski definition) is 2. The van der Waals surface area contributed by atoms with Gasteiger partial charge in [0.25, 0.3) is 0 Å². The average molecular weight is 281 g/mol. The van der Waals surface area contributed by atoms with Gasteiger partial charge in [-0.15, -0.1) is 0 Å².